The van der Waals surface area contributed by atoms with Crippen LogP contribution < -0.4 is 5.32 Å². The standard InChI is InChI=1S/C14H20FNO3/c1-2-3-10(6-7-17)9-16-11-4-5-12(14(18)19)13(15)8-11/h4-5,8,10,16-17H,2-3,6-7,9H2,1H3,(H,18,19). The van der Waals surface area contributed by atoms with Crippen molar-refractivity contribution in [2.45, 2.75) is 26.2 Å². The van der Waals surface area contributed by atoms with Crippen LogP contribution in [0.25, 0.3) is 0 Å². The quantitative estimate of drug-likeness (QED) is 0.678. The molecule has 1 aromatic rings. The van der Waals surface area contributed by atoms with Crippen LogP contribution in [0.3, 0.4) is 0 Å². The Morgan fingerprint density at radius 3 is 2.68 bits per heavy atom. The first-order valence-corrected chi connectivity index (χ1v) is 6.46. The first kappa shape index (κ1) is 15.4. The molecular formula is C14H20FNO3. The minimum absolute atomic E-state index is 0.138. The third-order valence-corrected chi connectivity index (χ3v) is 3.03. The highest BCUT2D eigenvalue weighted by atomic mass is 19.1. The summed E-state index contributed by atoms with van der Waals surface area (Å²) in [5, 5.41) is 20.8. The fraction of sp³-hybridized carbons (Fsp3) is 0.500. The van der Waals surface area contributed by atoms with Crippen molar-refractivity contribution < 1.29 is 19.4 Å². The van der Waals surface area contributed by atoms with E-state index in [1.54, 1.807) is 6.07 Å². The number of carbonyl (C=O) groups is 1. The number of nitrogens with one attached hydrogen (secondary N) is 1. The van der Waals surface area contributed by atoms with Crippen LogP contribution in [0, 0.1) is 11.7 Å². The van der Waals surface area contributed by atoms with Gasteiger partial charge in [-0.3, -0.25) is 0 Å². The van der Waals surface area contributed by atoms with Gasteiger partial charge >= 0.3 is 5.97 Å². The van der Waals surface area contributed by atoms with E-state index in [9.17, 15) is 9.18 Å². The van der Waals surface area contributed by atoms with Crippen molar-refractivity contribution in [1.29, 1.82) is 0 Å². The minimum Gasteiger partial charge on any atom is -0.478 e. The number of aliphatic hydroxyl groups is 1. The Bertz CT molecular complexity index is 417. The van der Waals surface area contributed by atoms with Gasteiger partial charge in [0, 0.05) is 18.8 Å². The van der Waals surface area contributed by atoms with Gasteiger partial charge in [-0.05, 0) is 37.0 Å². The molecule has 0 fully saturated rings. The van der Waals surface area contributed by atoms with Crippen LogP contribution in [0.1, 0.15) is 36.5 Å². The third kappa shape index (κ3) is 4.87. The lowest BCUT2D eigenvalue weighted by atomic mass is 10.00. The van der Waals surface area contributed by atoms with Crippen LogP contribution in [-0.4, -0.2) is 29.3 Å². The van der Waals surface area contributed by atoms with E-state index in [2.05, 4.69) is 12.2 Å². The third-order valence-electron chi connectivity index (χ3n) is 3.03. The average molecular weight is 269 g/mol. The number of halogens is 1. The van der Waals surface area contributed by atoms with Gasteiger partial charge in [0.15, 0.2) is 0 Å². The first-order chi connectivity index (χ1) is 9.08. The molecule has 3 N–H and O–H groups in total. The van der Waals surface area contributed by atoms with Gasteiger partial charge in [0.05, 0.1) is 5.56 Å². The van der Waals surface area contributed by atoms with E-state index in [0.29, 0.717) is 24.6 Å². The number of hydrogen-bond donors (Lipinski definition) is 3. The molecule has 1 rings (SSSR count). The van der Waals surface area contributed by atoms with Gasteiger partial charge in [-0.15, -0.1) is 0 Å². The van der Waals surface area contributed by atoms with Gasteiger partial charge in [-0.2, -0.15) is 0 Å². The Morgan fingerprint density at radius 1 is 1.42 bits per heavy atom. The molecular weight excluding hydrogens is 249 g/mol. The number of aliphatic hydroxyl groups excluding tert-OH is 1. The zero-order valence-corrected chi connectivity index (χ0v) is 11.0. The molecule has 1 unspecified atom stereocenters. The molecule has 0 aliphatic rings. The van der Waals surface area contributed by atoms with E-state index in [1.165, 1.54) is 12.1 Å². The molecule has 0 spiro atoms. The van der Waals surface area contributed by atoms with E-state index in [4.69, 9.17) is 10.2 Å². The van der Waals surface area contributed by atoms with Gasteiger partial charge in [0.25, 0.3) is 0 Å². The molecule has 0 heterocycles. The Morgan fingerprint density at radius 2 is 2.16 bits per heavy atom. The lowest BCUT2D eigenvalue weighted by Gasteiger charge is -2.16. The lowest BCUT2D eigenvalue weighted by molar-refractivity contribution is 0.0692. The Balaban J connectivity index is 2.62. The van der Waals surface area contributed by atoms with Crippen LogP contribution in [0.2, 0.25) is 0 Å². The summed E-state index contributed by atoms with van der Waals surface area (Å²) in [7, 11) is 0. The second-order valence-corrected chi connectivity index (χ2v) is 4.55. The summed E-state index contributed by atoms with van der Waals surface area (Å²) < 4.78 is 13.5. The summed E-state index contributed by atoms with van der Waals surface area (Å²) >= 11 is 0. The molecule has 0 saturated heterocycles. The molecule has 0 bridgehead atoms. The van der Waals surface area contributed by atoms with Crippen LogP contribution in [0.15, 0.2) is 18.2 Å². The highest BCUT2D eigenvalue weighted by Crippen LogP contribution is 2.17. The number of carboxylic acids is 1. The molecule has 1 aromatic carbocycles. The Hall–Kier alpha value is -1.62. The van der Waals surface area contributed by atoms with Crippen molar-refractivity contribution in [3.63, 3.8) is 0 Å². The van der Waals surface area contributed by atoms with Crippen molar-refractivity contribution in [2.24, 2.45) is 5.92 Å². The molecule has 19 heavy (non-hydrogen) atoms. The smallest absolute Gasteiger partial charge is 0.338 e. The molecule has 0 radical (unpaired) electrons. The van der Waals surface area contributed by atoms with E-state index in [1.807, 2.05) is 0 Å². The highest BCUT2D eigenvalue weighted by Gasteiger charge is 2.11. The fourth-order valence-corrected chi connectivity index (χ4v) is 2.00. The van der Waals surface area contributed by atoms with Gasteiger partial charge in [-0.25, -0.2) is 9.18 Å². The lowest BCUT2D eigenvalue weighted by Crippen LogP contribution is -2.16. The second-order valence-electron chi connectivity index (χ2n) is 4.55. The largest absolute Gasteiger partial charge is 0.478 e. The average Bonchev–Trinajstić information content (AvgIpc) is 2.36. The SMILES string of the molecule is CCCC(CCO)CNc1ccc(C(=O)O)c(F)c1. The van der Waals surface area contributed by atoms with Crippen LogP contribution >= 0.6 is 0 Å². The molecule has 0 aliphatic carbocycles. The topological polar surface area (TPSA) is 69.6 Å². The molecule has 106 valence electrons. The normalized spacial score (nSPS) is 12.2. The number of aromatic carboxylic acids is 1. The summed E-state index contributed by atoms with van der Waals surface area (Å²) in [5.74, 6) is -1.68. The zero-order valence-electron chi connectivity index (χ0n) is 11.0. The Labute approximate surface area is 112 Å². The summed E-state index contributed by atoms with van der Waals surface area (Å²) in [6, 6.07) is 3.99. The summed E-state index contributed by atoms with van der Waals surface area (Å²) in [4.78, 5) is 10.7. The number of rotatable bonds is 8. The summed E-state index contributed by atoms with van der Waals surface area (Å²) in [6.07, 6.45) is 2.72. The molecule has 0 aromatic heterocycles. The zero-order chi connectivity index (χ0) is 14.3. The van der Waals surface area contributed by atoms with Crippen molar-refractivity contribution in [1.82, 2.24) is 0 Å². The maximum atomic E-state index is 13.5. The van der Waals surface area contributed by atoms with E-state index >= 15 is 0 Å². The second kappa shape index (κ2) is 7.74. The van der Waals surface area contributed by atoms with Crippen LogP contribution in [-0.2, 0) is 0 Å². The minimum atomic E-state index is -1.27. The molecule has 0 aliphatic heterocycles. The van der Waals surface area contributed by atoms with Crippen LogP contribution in [0.5, 0.6) is 0 Å². The number of hydrogen-bond acceptors (Lipinski definition) is 3. The van der Waals surface area contributed by atoms with Crippen molar-refractivity contribution >= 4 is 11.7 Å². The molecule has 1 atom stereocenters. The molecule has 5 heteroatoms. The predicted molar refractivity (Wildman–Crippen MR) is 71.9 cm³/mol. The number of carboxylic acid groups (broad SMARTS) is 1. The highest BCUT2D eigenvalue weighted by molar-refractivity contribution is 5.88. The van der Waals surface area contributed by atoms with Crippen LogP contribution in [0.4, 0.5) is 10.1 Å². The van der Waals surface area contributed by atoms with E-state index < -0.39 is 11.8 Å². The maximum Gasteiger partial charge on any atom is 0.338 e. The Kier molecular flexibility index (Phi) is 6.29. The summed E-state index contributed by atoms with van der Waals surface area (Å²) in [5.41, 5.74) is 0.229. The van der Waals surface area contributed by atoms with Gasteiger partial charge in [0.1, 0.15) is 5.82 Å². The van der Waals surface area contributed by atoms with Crippen molar-refractivity contribution in [3.8, 4) is 0 Å². The van der Waals surface area contributed by atoms with Gasteiger partial charge in [0.2, 0.25) is 0 Å². The predicted octanol–water partition coefficient (Wildman–Crippen LogP) is 2.73. The molecule has 0 saturated carbocycles. The first-order valence-electron chi connectivity index (χ1n) is 6.46. The molecule has 4 nitrogen and oxygen atoms in total. The van der Waals surface area contributed by atoms with E-state index in [-0.39, 0.29) is 12.2 Å². The fourth-order valence-electron chi connectivity index (χ4n) is 2.00. The van der Waals surface area contributed by atoms with E-state index in [0.717, 1.165) is 12.8 Å². The molecule has 0 amide bonds. The number of benzene rings is 1. The van der Waals surface area contributed by atoms with Crippen molar-refractivity contribution in [2.75, 3.05) is 18.5 Å². The summed E-state index contributed by atoms with van der Waals surface area (Å²) in [6.45, 7) is 2.85. The van der Waals surface area contributed by atoms with Gasteiger partial charge < -0.3 is 15.5 Å². The van der Waals surface area contributed by atoms with Gasteiger partial charge in [-0.1, -0.05) is 13.3 Å². The van der Waals surface area contributed by atoms with Crippen molar-refractivity contribution in [3.05, 3.63) is 29.6 Å². The maximum absolute atomic E-state index is 13.5. The monoisotopic (exact) mass is 269 g/mol. The number of anilines is 1.